The smallest absolute Gasteiger partial charge is 0.191 e. The van der Waals surface area contributed by atoms with Crippen LogP contribution in [0.2, 0.25) is 0 Å². The molecule has 0 aliphatic carbocycles. The van der Waals surface area contributed by atoms with Gasteiger partial charge in [0.1, 0.15) is 5.60 Å². The fourth-order valence-corrected chi connectivity index (χ4v) is 3.03. The van der Waals surface area contributed by atoms with Crippen molar-refractivity contribution in [1.82, 2.24) is 10.6 Å². The zero-order valence-electron chi connectivity index (χ0n) is 13.2. The van der Waals surface area contributed by atoms with Crippen LogP contribution in [0.15, 0.2) is 22.5 Å². The van der Waals surface area contributed by atoms with Gasteiger partial charge in [0.15, 0.2) is 5.96 Å². The van der Waals surface area contributed by atoms with Gasteiger partial charge in [0.25, 0.3) is 0 Å². The summed E-state index contributed by atoms with van der Waals surface area (Å²) in [5, 5.41) is 18.9. The Bertz CT molecular complexity index is 446. The fourth-order valence-electron chi connectivity index (χ4n) is 2.25. The molecule has 2 heterocycles. The van der Waals surface area contributed by atoms with Gasteiger partial charge in [0.05, 0.1) is 12.6 Å². The first-order valence-corrected chi connectivity index (χ1v) is 8.40. The van der Waals surface area contributed by atoms with Gasteiger partial charge in [-0.1, -0.05) is 6.07 Å². The molecule has 3 N–H and O–H groups in total. The highest BCUT2D eigenvalue weighted by Crippen LogP contribution is 2.25. The number of aliphatic imine (C=N–C) groups is 1. The van der Waals surface area contributed by atoms with E-state index in [1.54, 1.807) is 18.3 Å². The molecule has 0 amide bonds. The van der Waals surface area contributed by atoms with E-state index in [9.17, 15) is 5.11 Å². The second kappa shape index (κ2) is 9.69. The Morgan fingerprint density at radius 3 is 2.95 bits per heavy atom. The van der Waals surface area contributed by atoms with Crippen LogP contribution in [0.1, 0.15) is 31.6 Å². The first kappa shape index (κ1) is 19.7. The Morgan fingerprint density at radius 2 is 2.36 bits per heavy atom. The van der Waals surface area contributed by atoms with E-state index < -0.39 is 5.60 Å². The molecule has 0 spiro atoms. The molecule has 0 aromatic carbocycles. The van der Waals surface area contributed by atoms with Crippen LogP contribution in [-0.2, 0) is 10.3 Å². The topological polar surface area (TPSA) is 65.9 Å². The molecule has 1 saturated heterocycles. The predicted molar refractivity (Wildman–Crippen MR) is 102 cm³/mol. The third kappa shape index (κ3) is 6.02. The van der Waals surface area contributed by atoms with E-state index in [1.807, 2.05) is 24.4 Å². The van der Waals surface area contributed by atoms with Gasteiger partial charge in [-0.25, -0.2) is 4.99 Å². The van der Waals surface area contributed by atoms with Gasteiger partial charge < -0.3 is 20.5 Å². The molecule has 2 unspecified atom stereocenters. The van der Waals surface area contributed by atoms with Gasteiger partial charge in [0, 0.05) is 24.6 Å². The number of nitrogens with one attached hydrogen (secondary N) is 2. The van der Waals surface area contributed by atoms with Crippen molar-refractivity contribution in [3.05, 3.63) is 22.4 Å². The lowest BCUT2D eigenvalue weighted by molar-refractivity contribution is 0.0710. The maximum absolute atomic E-state index is 10.5. The predicted octanol–water partition coefficient (Wildman–Crippen LogP) is 2.31. The molecule has 1 aliphatic rings. The Kier molecular flexibility index (Phi) is 8.66. The van der Waals surface area contributed by atoms with Crippen molar-refractivity contribution in [2.24, 2.45) is 4.99 Å². The lowest BCUT2D eigenvalue weighted by atomic mass is 10.1. The molecule has 22 heavy (non-hydrogen) atoms. The summed E-state index contributed by atoms with van der Waals surface area (Å²) < 4.78 is 5.59. The first-order valence-electron chi connectivity index (χ1n) is 7.52. The van der Waals surface area contributed by atoms with Crippen molar-refractivity contribution in [3.63, 3.8) is 0 Å². The number of nitrogens with zero attached hydrogens (tertiary/aromatic N) is 1. The number of ether oxygens (including phenoxy) is 1. The van der Waals surface area contributed by atoms with Crippen LogP contribution in [0.5, 0.6) is 0 Å². The highest BCUT2D eigenvalue weighted by molar-refractivity contribution is 14.0. The standard InChI is InChI=1S/C15H25N3O2S.HI/c1-3-16-14(17-10-12-6-4-8-20-12)18-11-15(2,19)13-7-5-9-21-13;/h5,7,9,12,19H,3-4,6,8,10-11H2,1-2H3,(H2,16,17,18);1H. The normalized spacial score (nSPS) is 21.0. The number of thiophene rings is 1. The number of guanidine groups is 1. The summed E-state index contributed by atoms with van der Waals surface area (Å²) in [5.74, 6) is 0.727. The third-order valence-corrected chi connectivity index (χ3v) is 4.59. The van der Waals surface area contributed by atoms with Gasteiger partial charge in [-0.15, -0.1) is 35.3 Å². The minimum atomic E-state index is -0.930. The van der Waals surface area contributed by atoms with Crippen molar-refractivity contribution in [2.45, 2.75) is 38.4 Å². The van der Waals surface area contributed by atoms with E-state index in [4.69, 9.17) is 4.74 Å². The van der Waals surface area contributed by atoms with Crippen LogP contribution < -0.4 is 10.6 Å². The van der Waals surface area contributed by atoms with E-state index >= 15 is 0 Å². The molecular weight excluding hydrogens is 413 g/mol. The Hall–Kier alpha value is -0.380. The monoisotopic (exact) mass is 439 g/mol. The van der Waals surface area contributed by atoms with Crippen LogP contribution >= 0.6 is 35.3 Å². The first-order chi connectivity index (χ1) is 10.1. The molecule has 2 atom stereocenters. The van der Waals surface area contributed by atoms with E-state index in [-0.39, 0.29) is 30.1 Å². The number of hydrogen-bond acceptors (Lipinski definition) is 4. The van der Waals surface area contributed by atoms with Gasteiger partial charge in [-0.3, -0.25) is 0 Å². The molecule has 1 aliphatic heterocycles. The second-order valence-corrected chi connectivity index (χ2v) is 6.41. The summed E-state index contributed by atoms with van der Waals surface area (Å²) in [7, 11) is 0. The largest absolute Gasteiger partial charge is 0.383 e. The lowest BCUT2D eigenvalue weighted by Crippen LogP contribution is -2.42. The summed E-state index contributed by atoms with van der Waals surface area (Å²) in [5.41, 5.74) is -0.930. The average Bonchev–Trinajstić information content (AvgIpc) is 3.14. The number of rotatable bonds is 6. The zero-order chi connectivity index (χ0) is 15.1. The maximum atomic E-state index is 10.5. The van der Waals surface area contributed by atoms with Crippen molar-refractivity contribution in [2.75, 3.05) is 26.2 Å². The molecule has 1 fully saturated rings. The minimum Gasteiger partial charge on any atom is -0.383 e. The number of halogens is 1. The average molecular weight is 439 g/mol. The Morgan fingerprint density at radius 1 is 1.55 bits per heavy atom. The summed E-state index contributed by atoms with van der Waals surface area (Å²) in [4.78, 5) is 5.43. The van der Waals surface area contributed by atoms with E-state index in [1.165, 1.54) is 0 Å². The lowest BCUT2D eigenvalue weighted by Gasteiger charge is -2.21. The molecule has 5 nitrogen and oxygen atoms in total. The van der Waals surface area contributed by atoms with Gasteiger partial charge >= 0.3 is 0 Å². The van der Waals surface area contributed by atoms with Gasteiger partial charge in [-0.2, -0.15) is 0 Å². The zero-order valence-corrected chi connectivity index (χ0v) is 16.3. The molecule has 0 bridgehead atoms. The van der Waals surface area contributed by atoms with Gasteiger partial charge in [-0.05, 0) is 38.1 Å². The molecule has 0 saturated carbocycles. The SMILES string of the molecule is CCNC(=NCC(C)(O)c1cccs1)NCC1CCCO1.I. The summed E-state index contributed by atoms with van der Waals surface area (Å²) >= 11 is 1.55. The molecule has 2 rings (SSSR count). The van der Waals surface area contributed by atoms with Crippen molar-refractivity contribution in [1.29, 1.82) is 0 Å². The highest BCUT2D eigenvalue weighted by atomic mass is 127. The van der Waals surface area contributed by atoms with Crippen molar-refractivity contribution < 1.29 is 9.84 Å². The van der Waals surface area contributed by atoms with E-state index in [0.29, 0.717) is 6.54 Å². The quantitative estimate of drug-likeness (QED) is 0.362. The van der Waals surface area contributed by atoms with Crippen molar-refractivity contribution >= 4 is 41.3 Å². The van der Waals surface area contributed by atoms with Crippen molar-refractivity contribution in [3.8, 4) is 0 Å². The fraction of sp³-hybridized carbons (Fsp3) is 0.667. The summed E-state index contributed by atoms with van der Waals surface area (Å²) in [6.07, 6.45) is 2.50. The molecule has 126 valence electrons. The van der Waals surface area contributed by atoms with Gasteiger partial charge in [0.2, 0.25) is 0 Å². The van der Waals surface area contributed by atoms with Crippen LogP contribution in [0.4, 0.5) is 0 Å². The van der Waals surface area contributed by atoms with Crippen LogP contribution in [0.3, 0.4) is 0 Å². The Labute approximate surface area is 153 Å². The minimum absolute atomic E-state index is 0. The van der Waals surface area contributed by atoms with Crippen LogP contribution in [-0.4, -0.2) is 43.4 Å². The Balaban J connectivity index is 0.00000242. The summed E-state index contributed by atoms with van der Waals surface area (Å²) in [6.45, 7) is 6.56. The highest BCUT2D eigenvalue weighted by Gasteiger charge is 2.24. The number of aliphatic hydroxyl groups is 1. The van der Waals surface area contributed by atoms with E-state index in [0.717, 1.165) is 43.4 Å². The summed E-state index contributed by atoms with van der Waals surface area (Å²) in [6, 6.07) is 3.88. The van der Waals surface area contributed by atoms with Crippen LogP contribution in [0.25, 0.3) is 0 Å². The third-order valence-electron chi connectivity index (χ3n) is 3.46. The van der Waals surface area contributed by atoms with Crippen LogP contribution in [0, 0.1) is 0 Å². The molecule has 1 aromatic heterocycles. The molecule has 0 radical (unpaired) electrons. The number of hydrogen-bond donors (Lipinski definition) is 3. The second-order valence-electron chi connectivity index (χ2n) is 5.46. The molecular formula is C15H26IN3O2S. The molecule has 1 aromatic rings. The maximum Gasteiger partial charge on any atom is 0.191 e. The van der Waals surface area contributed by atoms with E-state index in [2.05, 4.69) is 15.6 Å². The molecule has 7 heteroatoms.